The SMILES string of the molecule is CN=C(NCCc1coc(-c2ccc(C)cc2)n1)NCc1ccc(C(=O)N(C)C)cc1. The first-order valence-corrected chi connectivity index (χ1v) is 10.2. The normalized spacial score (nSPS) is 11.3. The van der Waals surface area contributed by atoms with Gasteiger partial charge >= 0.3 is 0 Å². The van der Waals surface area contributed by atoms with E-state index in [9.17, 15) is 4.79 Å². The molecule has 1 heterocycles. The number of aryl methyl sites for hydroxylation is 1. The molecule has 1 aromatic heterocycles. The van der Waals surface area contributed by atoms with Crippen molar-refractivity contribution in [1.29, 1.82) is 0 Å². The van der Waals surface area contributed by atoms with E-state index in [1.54, 1.807) is 32.3 Å². The zero-order chi connectivity index (χ0) is 22.2. The molecule has 3 rings (SSSR count). The Labute approximate surface area is 183 Å². The van der Waals surface area contributed by atoms with Crippen molar-refractivity contribution in [1.82, 2.24) is 20.5 Å². The summed E-state index contributed by atoms with van der Waals surface area (Å²) in [5.41, 5.74) is 4.81. The van der Waals surface area contributed by atoms with Crippen molar-refractivity contribution >= 4 is 11.9 Å². The second-order valence-electron chi connectivity index (χ2n) is 7.51. The second kappa shape index (κ2) is 10.4. The number of oxazole rings is 1. The Hall–Kier alpha value is -3.61. The first-order chi connectivity index (χ1) is 15.0. The van der Waals surface area contributed by atoms with Crippen LogP contribution in [0.4, 0.5) is 0 Å². The molecule has 0 bridgehead atoms. The Balaban J connectivity index is 1.46. The lowest BCUT2D eigenvalue weighted by Gasteiger charge is -2.13. The molecule has 0 unspecified atom stereocenters. The van der Waals surface area contributed by atoms with Gasteiger partial charge in [0.25, 0.3) is 5.91 Å². The first-order valence-electron chi connectivity index (χ1n) is 10.2. The molecular weight excluding hydrogens is 390 g/mol. The number of nitrogens with zero attached hydrogens (tertiary/aromatic N) is 3. The van der Waals surface area contributed by atoms with Gasteiger partial charge in [-0.3, -0.25) is 9.79 Å². The van der Waals surface area contributed by atoms with Gasteiger partial charge in [0.15, 0.2) is 5.96 Å². The number of carbonyl (C=O) groups is 1. The number of rotatable bonds is 7. The van der Waals surface area contributed by atoms with Crippen molar-refractivity contribution in [3.63, 3.8) is 0 Å². The summed E-state index contributed by atoms with van der Waals surface area (Å²) in [6.07, 6.45) is 2.42. The summed E-state index contributed by atoms with van der Waals surface area (Å²) in [6.45, 7) is 3.34. The Morgan fingerprint density at radius 3 is 2.42 bits per heavy atom. The number of hydrogen-bond donors (Lipinski definition) is 2. The van der Waals surface area contributed by atoms with Gasteiger partial charge in [0, 0.05) is 51.8 Å². The minimum atomic E-state index is -0.00428. The van der Waals surface area contributed by atoms with Crippen LogP contribution in [-0.4, -0.2) is 49.4 Å². The van der Waals surface area contributed by atoms with Crippen molar-refractivity contribution in [2.75, 3.05) is 27.7 Å². The van der Waals surface area contributed by atoms with Gasteiger partial charge in [-0.05, 0) is 36.8 Å². The third-order valence-corrected chi connectivity index (χ3v) is 4.81. The topological polar surface area (TPSA) is 82.8 Å². The fourth-order valence-corrected chi connectivity index (χ4v) is 2.99. The van der Waals surface area contributed by atoms with E-state index in [2.05, 4.69) is 27.5 Å². The molecule has 0 saturated heterocycles. The van der Waals surface area contributed by atoms with Crippen LogP contribution >= 0.6 is 0 Å². The highest BCUT2D eigenvalue weighted by atomic mass is 16.3. The maximum absolute atomic E-state index is 12.0. The first kappa shape index (κ1) is 22.1. The van der Waals surface area contributed by atoms with Crippen LogP contribution in [0.2, 0.25) is 0 Å². The zero-order valence-corrected chi connectivity index (χ0v) is 18.5. The molecule has 0 saturated carbocycles. The molecule has 162 valence electrons. The summed E-state index contributed by atoms with van der Waals surface area (Å²) in [4.78, 5) is 22.4. The molecule has 1 amide bonds. The van der Waals surface area contributed by atoms with E-state index in [1.807, 2.05) is 48.5 Å². The third-order valence-electron chi connectivity index (χ3n) is 4.81. The van der Waals surface area contributed by atoms with Gasteiger partial charge in [-0.1, -0.05) is 29.8 Å². The van der Waals surface area contributed by atoms with E-state index in [1.165, 1.54) is 5.56 Å². The average Bonchev–Trinajstić information content (AvgIpc) is 3.25. The summed E-state index contributed by atoms with van der Waals surface area (Å²) in [5.74, 6) is 1.33. The molecule has 0 spiro atoms. The van der Waals surface area contributed by atoms with Crippen LogP contribution in [0.5, 0.6) is 0 Å². The average molecular weight is 420 g/mol. The van der Waals surface area contributed by atoms with Crippen molar-refractivity contribution in [2.45, 2.75) is 19.9 Å². The van der Waals surface area contributed by atoms with Gasteiger partial charge in [0.05, 0.1) is 5.69 Å². The highest BCUT2D eigenvalue weighted by molar-refractivity contribution is 5.93. The number of amides is 1. The summed E-state index contributed by atoms with van der Waals surface area (Å²) < 4.78 is 5.61. The van der Waals surface area contributed by atoms with Crippen molar-refractivity contribution in [3.8, 4) is 11.5 Å². The van der Waals surface area contributed by atoms with Crippen LogP contribution in [0.25, 0.3) is 11.5 Å². The van der Waals surface area contributed by atoms with Crippen LogP contribution in [0.15, 0.2) is 64.2 Å². The van der Waals surface area contributed by atoms with E-state index in [0.717, 1.165) is 23.2 Å². The van der Waals surface area contributed by atoms with Crippen LogP contribution in [0.3, 0.4) is 0 Å². The molecule has 31 heavy (non-hydrogen) atoms. The molecule has 0 aliphatic rings. The van der Waals surface area contributed by atoms with Gasteiger partial charge < -0.3 is 20.0 Å². The molecule has 7 heteroatoms. The molecule has 0 aliphatic heterocycles. The summed E-state index contributed by atoms with van der Waals surface area (Å²) in [5, 5.41) is 6.57. The number of benzene rings is 2. The molecular formula is C24H29N5O2. The van der Waals surface area contributed by atoms with Gasteiger partial charge in [-0.15, -0.1) is 0 Å². The van der Waals surface area contributed by atoms with Crippen molar-refractivity contribution in [3.05, 3.63) is 77.2 Å². The number of hydrogen-bond acceptors (Lipinski definition) is 4. The largest absolute Gasteiger partial charge is 0.444 e. The van der Waals surface area contributed by atoms with Crippen LogP contribution < -0.4 is 10.6 Å². The van der Waals surface area contributed by atoms with Gasteiger partial charge in [-0.25, -0.2) is 4.98 Å². The molecule has 0 atom stereocenters. The highest BCUT2D eigenvalue weighted by Crippen LogP contribution is 2.19. The third kappa shape index (κ3) is 6.18. The van der Waals surface area contributed by atoms with Crippen LogP contribution in [-0.2, 0) is 13.0 Å². The lowest BCUT2D eigenvalue weighted by molar-refractivity contribution is 0.0827. The Bertz CT molecular complexity index is 1020. The second-order valence-corrected chi connectivity index (χ2v) is 7.51. The summed E-state index contributed by atoms with van der Waals surface area (Å²) in [7, 11) is 5.23. The van der Waals surface area contributed by atoms with Gasteiger partial charge in [0.1, 0.15) is 6.26 Å². The minimum Gasteiger partial charge on any atom is -0.444 e. The smallest absolute Gasteiger partial charge is 0.253 e. The number of guanidine groups is 1. The van der Waals surface area contributed by atoms with Crippen LogP contribution in [0, 0.1) is 6.92 Å². The minimum absolute atomic E-state index is 0.00428. The van der Waals surface area contributed by atoms with E-state index >= 15 is 0 Å². The lowest BCUT2D eigenvalue weighted by atomic mass is 10.1. The highest BCUT2D eigenvalue weighted by Gasteiger charge is 2.08. The summed E-state index contributed by atoms with van der Waals surface area (Å²) >= 11 is 0. The van der Waals surface area contributed by atoms with Crippen LogP contribution in [0.1, 0.15) is 27.2 Å². The van der Waals surface area contributed by atoms with E-state index in [-0.39, 0.29) is 5.91 Å². The maximum atomic E-state index is 12.0. The number of aliphatic imine (C=N–C) groups is 1. The quantitative estimate of drug-likeness (QED) is 0.454. The Kier molecular flexibility index (Phi) is 7.43. The standard InChI is InChI=1S/C24H29N5O2/c1-17-5-9-19(10-6-17)22-28-21(16-31-22)13-14-26-24(25-2)27-15-18-7-11-20(12-8-18)23(30)29(3)4/h5-12,16H,13-15H2,1-4H3,(H2,25,26,27). The molecule has 2 N–H and O–H groups in total. The number of nitrogens with one attached hydrogen (secondary N) is 2. The van der Waals surface area contributed by atoms with E-state index < -0.39 is 0 Å². The fraction of sp³-hybridized carbons (Fsp3) is 0.292. The molecule has 7 nitrogen and oxygen atoms in total. The fourth-order valence-electron chi connectivity index (χ4n) is 2.99. The predicted octanol–water partition coefficient (Wildman–Crippen LogP) is 3.26. The number of aromatic nitrogens is 1. The molecule has 0 aliphatic carbocycles. The monoisotopic (exact) mass is 419 g/mol. The van der Waals surface area contributed by atoms with Crippen molar-refractivity contribution in [2.24, 2.45) is 4.99 Å². The lowest BCUT2D eigenvalue weighted by Crippen LogP contribution is -2.37. The van der Waals surface area contributed by atoms with Crippen molar-refractivity contribution < 1.29 is 9.21 Å². The number of carbonyl (C=O) groups excluding carboxylic acids is 1. The molecule has 2 aromatic carbocycles. The van der Waals surface area contributed by atoms with E-state index in [0.29, 0.717) is 30.5 Å². The summed E-state index contributed by atoms with van der Waals surface area (Å²) in [6, 6.07) is 15.7. The maximum Gasteiger partial charge on any atom is 0.253 e. The van der Waals surface area contributed by atoms with E-state index in [4.69, 9.17) is 4.42 Å². The zero-order valence-electron chi connectivity index (χ0n) is 18.5. The predicted molar refractivity (Wildman–Crippen MR) is 123 cm³/mol. The molecule has 3 aromatic rings. The molecule has 0 fully saturated rings. The Morgan fingerprint density at radius 1 is 1.06 bits per heavy atom. The van der Waals surface area contributed by atoms with Gasteiger partial charge in [0.2, 0.25) is 5.89 Å². The Morgan fingerprint density at radius 2 is 1.77 bits per heavy atom. The van der Waals surface area contributed by atoms with Gasteiger partial charge in [-0.2, -0.15) is 0 Å². The molecule has 0 radical (unpaired) electrons.